The first-order chi connectivity index (χ1) is 13.0. The summed E-state index contributed by atoms with van der Waals surface area (Å²) in [7, 11) is 0. The van der Waals surface area contributed by atoms with E-state index in [9.17, 15) is 9.59 Å². The van der Waals surface area contributed by atoms with Crippen molar-refractivity contribution in [3.63, 3.8) is 0 Å². The fourth-order valence-electron chi connectivity index (χ4n) is 3.23. The third-order valence-electron chi connectivity index (χ3n) is 4.95. The Bertz CT molecular complexity index is 735. The SMILES string of the molecule is CC(C)N(CC(=O)N1CCN(C(=O)c2ccco2)CC1)Cc1ccccc1. The zero-order chi connectivity index (χ0) is 19.2. The molecule has 1 aromatic heterocycles. The highest BCUT2D eigenvalue weighted by Gasteiger charge is 2.27. The minimum absolute atomic E-state index is 0.111. The molecule has 0 aliphatic carbocycles. The Morgan fingerprint density at radius 2 is 1.67 bits per heavy atom. The van der Waals surface area contributed by atoms with Crippen LogP contribution in [-0.4, -0.2) is 65.3 Å². The number of nitrogens with zero attached hydrogens (tertiary/aromatic N) is 3. The van der Waals surface area contributed by atoms with E-state index in [-0.39, 0.29) is 17.9 Å². The average Bonchev–Trinajstić information content (AvgIpc) is 3.22. The molecule has 0 unspecified atom stereocenters. The smallest absolute Gasteiger partial charge is 0.289 e. The van der Waals surface area contributed by atoms with Crippen LogP contribution in [0.1, 0.15) is 30.0 Å². The van der Waals surface area contributed by atoms with E-state index in [1.54, 1.807) is 17.0 Å². The number of piperazine rings is 1. The molecule has 0 bridgehead atoms. The van der Waals surface area contributed by atoms with E-state index in [1.165, 1.54) is 11.8 Å². The predicted molar refractivity (Wildman–Crippen MR) is 103 cm³/mol. The van der Waals surface area contributed by atoms with Gasteiger partial charge in [-0.2, -0.15) is 0 Å². The van der Waals surface area contributed by atoms with E-state index in [0.717, 1.165) is 6.54 Å². The van der Waals surface area contributed by atoms with Gasteiger partial charge in [-0.05, 0) is 31.5 Å². The molecule has 0 spiro atoms. The lowest BCUT2D eigenvalue weighted by Gasteiger charge is -2.36. The highest BCUT2D eigenvalue weighted by atomic mass is 16.3. The van der Waals surface area contributed by atoms with Crippen LogP contribution < -0.4 is 0 Å². The topological polar surface area (TPSA) is 57.0 Å². The maximum atomic E-state index is 12.8. The number of rotatable bonds is 6. The highest BCUT2D eigenvalue weighted by molar-refractivity contribution is 5.91. The highest BCUT2D eigenvalue weighted by Crippen LogP contribution is 2.12. The van der Waals surface area contributed by atoms with Crippen LogP contribution in [0.3, 0.4) is 0 Å². The lowest BCUT2D eigenvalue weighted by atomic mass is 10.2. The van der Waals surface area contributed by atoms with E-state index < -0.39 is 0 Å². The fraction of sp³-hybridized carbons (Fsp3) is 0.429. The first kappa shape index (κ1) is 19.2. The van der Waals surface area contributed by atoms with Gasteiger partial charge >= 0.3 is 0 Å². The maximum absolute atomic E-state index is 12.8. The summed E-state index contributed by atoms with van der Waals surface area (Å²) in [6, 6.07) is 13.9. The molecular weight excluding hydrogens is 342 g/mol. The van der Waals surface area contributed by atoms with Gasteiger partial charge in [0.15, 0.2) is 5.76 Å². The molecule has 1 aliphatic rings. The molecule has 6 heteroatoms. The quantitative estimate of drug-likeness (QED) is 0.785. The second-order valence-electron chi connectivity index (χ2n) is 7.13. The fourth-order valence-corrected chi connectivity index (χ4v) is 3.23. The third-order valence-corrected chi connectivity index (χ3v) is 4.95. The van der Waals surface area contributed by atoms with Gasteiger partial charge in [-0.25, -0.2) is 0 Å². The minimum Gasteiger partial charge on any atom is -0.459 e. The Hall–Kier alpha value is -2.60. The van der Waals surface area contributed by atoms with E-state index in [2.05, 4.69) is 30.9 Å². The molecule has 2 aromatic rings. The second kappa shape index (κ2) is 8.86. The summed E-state index contributed by atoms with van der Waals surface area (Å²) >= 11 is 0. The Morgan fingerprint density at radius 3 is 2.26 bits per heavy atom. The van der Waals surface area contributed by atoms with E-state index in [4.69, 9.17) is 4.42 Å². The molecular formula is C21H27N3O3. The van der Waals surface area contributed by atoms with Crippen molar-refractivity contribution < 1.29 is 14.0 Å². The molecule has 0 atom stereocenters. The van der Waals surface area contributed by atoms with Crippen molar-refractivity contribution in [3.05, 3.63) is 60.1 Å². The van der Waals surface area contributed by atoms with Crippen LogP contribution in [0, 0.1) is 0 Å². The maximum Gasteiger partial charge on any atom is 0.289 e. The Morgan fingerprint density at radius 1 is 1.00 bits per heavy atom. The largest absolute Gasteiger partial charge is 0.459 e. The summed E-state index contributed by atoms with van der Waals surface area (Å²) in [5, 5.41) is 0. The van der Waals surface area contributed by atoms with Gasteiger partial charge in [0.1, 0.15) is 0 Å². The van der Waals surface area contributed by atoms with Gasteiger partial charge in [-0.3, -0.25) is 14.5 Å². The first-order valence-corrected chi connectivity index (χ1v) is 9.43. The zero-order valence-corrected chi connectivity index (χ0v) is 16.0. The zero-order valence-electron chi connectivity index (χ0n) is 16.0. The standard InChI is InChI=1S/C21H27N3O3/c1-17(2)24(15-18-7-4-3-5-8-18)16-20(25)22-10-12-23(13-11-22)21(26)19-9-6-14-27-19/h3-9,14,17H,10-13,15-16H2,1-2H3. The second-order valence-corrected chi connectivity index (χ2v) is 7.13. The summed E-state index contributed by atoms with van der Waals surface area (Å²) in [5.74, 6) is 0.355. The van der Waals surface area contributed by atoms with Crippen LogP contribution in [0.5, 0.6) is 0 Å². The van der Waals surface area contributed by atoms with Crippen LogP contribution >= 0.6 is 0 Å². The van der Waals surface area contributed by atoms with Crippen molar-refractivity contribution in [2.75, 3.05) is 32.7 Å². The molecule has 0 radical (unpaired) electrons. The molecule has 1 aliphatic heterocycles. The molecule has 0 N–H and O–H groups in total. The van der Waals surface area contributed by atoms with Crippen molar-refractivity contribution in [1.82, 2.24) is 14.7 Å². The number of amides is 2. The van der Waals surface area contributed by atoms with E-state index >= 15 is 0 Å². The normalized spacial score (nSPS) is 14.8. The molecule has 2 heterocycles. The van der Waals surface area contributed by atoms with E-state index in [1.807, 2.05) is 23.1 Å². The molecule has 1 saturated heterocycles. The summed E-state index contributed by atoms with van der Waals surface area (Å²) in [6.45, 7) is 7.54. The molecule has 2 amide bonds. The van der Waals surface area contributed by atoms with Gasteiger partial charge in [0.05, 0.1) is 12.8 Å². The lowest BCUT2D eigenvalue weighted by molar-refractivity contribution is -0.134. The molecule has 0 saturated carbocycles. The number of carbonyl (C=O) groups is 2. The van der Waals surface area contributed by atoms with Crippen LogP contribution in [0.15, 0.2) is 53.1 Å². The van der Waals surface area contributed by atoms with Gasteiger partial charge in [-0.15, -0.1) is 0 Å². The number of furan rings is 1. The Kier molecular flexibility index (Phi) is 6.29. The first-order valence-electron chi connectivity index (χ1n) is 9.43. The predicted octanol–water partition coefficient (Wildman–Crippen LogP) is 2.47. The van der Waals surface area contributed by atoms with Crippen LogP contribution in [0.4, 0.5) is 0 Å². The summed E-state index contributed by atoms with van der Waals surface area (Å²) < 4.78 is 5.18. The number of benzene rings is 1. The number of hydrogen-bond donors (Lipinski definition) is 0. The Balaban J connectivity index is 1.52. The van der Waals surface area contributed by atoms with E-state index in [0.29, 0.717) is 38.5 Å². The number of carbonyl (C=O) groups excluding carboxylic acids is 2. The molecule has 1 aromatic carbocycles. The summed E-state index contributed by atoms with van der Waals surface area (Å²) in [6.07, 6.45) is 1.50. The van der Waals surface area contributed by atoms with Gasteiger partial charge in [0.25, 0.3) is 5.91 Å². The van der Waals surface area contributed by atoms with Crippen LogP contribution in [-0.2, 0) is 11.3 Å². The minimum atomic E-state index is -0.111. The lowest BCUT2D eigenvalue weighted by Crippen LogP contribution is -2.53. The van der Waals surface area contributed by atoms with Gasteiger partial charge < -0.3 is 14.2 Å². The van der Waals surface area contributed by atoms with Crippen LogP contribution in [0.25, 0.3) is 0 Å². The molecule has 3 rings (SSSR count). The van der Waals surface area contributed by atoms with Gasteiger partial charge in [-0.1, -0.05) is 30.3 Å². The van der Waals surface area contributed by atoms with Crippen molar-refractivity contribution >= 4 is 11.8 Å². The van der Waals surface area contributed by atoms with Crippen molar-refractivity contribution in [2.45, 2.75) is 26.4 Å². The monoisotopic (exact) mass is 369 g/mol. The number of hydrogen-bond acceptors (Lipinski definition) is 4. The summed E-state index contributed by atoms with van der Waals surface area (Å²) in [5.41, 5.74) is 1.20. The van der Waals surface area contributed by atoms with Crippen molar-refractivity contribution in [3.8, 4) is 0 Å². The molecule has 1 fully saturated rings. The van der Waals surface area contributed by atoms with Gasteiger partial charge in [0, 0.05) is 38.8 Å². The average molecular weight is 369 g/mol. The van der Waals surface area contributed by atoms with Gasteiger partial charge in [0.2, 0.25) is 5.91 Å². The van der Waals surface area contributed by atoms with Crippen molar-refractivity contribution in [2.24, 2.45) is 0 Å². The molecule has 6 nitrogen and oxygen atoms in total. The third kappa shape index (κ3) is 4.98. The summed E-state index contributed by atoms with van der Waals surface area (Å²) in [4.78, 5) is 30.9. The molecule has 27 heavy (non-hydrogen) atoms. The Labute approximate surface area is 160 Å². The van der Waals surface area contributed by atoms with Crippen molar-refractivity contribution in [1.29, 1.82) is 0 Å². The van der Waals surface area contributed by atoms with Crippen LogP contribution in [0.2, 0.25) is 0 Å². The molecule has 144 valence electrons.